The molecule has 166 valence electrons. The number of piperidine rings is 1. The Morgan fingerprint density at radius 3 is 2.40 bits per heavy atom. The van der Waals surface area contributed by atoms with Gasteiger partial charge in [-0.15, -0.1) is 11.8 Å². The van der Waals surface area contributed by atoms with Crippen LogP contribution in [0.3, 0.4) is 0 Å². The standard InChI is InChI=1S/C24H36N2O3S/c1-2-29-20-14-16-26(17-15-20)24(28)21-12-8-9-13-22(21)30-18-23(27)25-19-10-6-4-3-5-7-11-19/h8-9,12-13,19-20H,2-7,10-11,14-18H2,1H3,(H,25,27). The third-order valence-corrected chi connectivity index (χ3v) is 7.15. The molecule has 1 saturated carbocycles. The van der Waals surface area contributed by atoms with Crippen LogP contribution in [-0.2, 0) is 9.53 Å². The van der Waals surface area contributed by atoms with E-state index in [-0.39, 0.29) is 17.9 Å². The first-order valence-electron chi connectivity index (χ1n) is 11.6. The maximum atomic E-state index is 13.1. The molecule has 0 atom stereocenters. The lowest BCUT2D eigenvalue weighted by Crippen LogP contribution is -2.41. The van der Waals surface area contributed by atoms with Gasteiger partial charge in [0, 0.05) is 30.6 Å². The number of nitrogens with one attached hydrogen (secondary N) is 1. The molecule has 0 radical (unpaired) electrons. The van der Waals surface area contributed by atoms with Gasteiger partial charge in [-0.05, 0) is 44.7 Å². The third kappa shape index (κ3) is 7.02. The predicted octanol–water partition coefficient (Wildman–Crippen LogP) is 4.65. The van der Waals surface area contributed by atoms with Crippen LogP contribution in [0.2, 0.25) is 0 Å². The summed E-state index contributed by atoms with van der Waals surface area (Å²) in [6.45, 7) is 4.19. The average Bonchev–Trinajstić information content (AvgIpc) is 2.74. The van der Waals surface area contributed by atoms with E-state index in [1.165, 1.54) is 43.9 Å². The number of nitrogens with zero attached hydrogens (tertiary/aromatic N) is 1. The van der Waals surface area contributed by atoms with Crippen molar-refractivity contribution in [2.75, 3.05) is 25.4 Å². The number of hydrogen-bond donors (Lipinski definition) is 1. The van der Waals surface area contributed by atoms with E-state index in [1.807, 2.05) is 36.1 Å². The van der Waals surface area contributed by atoms with E-state index in [0.29, 0.717) is 17.4 Å². The van der Waals surface area contributed by atoms with E-state index in [0.717, 1.165) is 50.3 Å². The molecule has 3 rings (SSSR count). The van der Waals surface area contributed by atoms with Crippen molar-refractivity contribution >= 4 is 23.6 Å². The molecule has 1 heterocycles. The van der Waals surface area contributed by atoms with Crippen molar-refractivity contribution < 1.29 is 14.3 Å². The summed E-state index contributed by atoms with van der Waals surface area (Å²) < 4.78 is 5.70. The van der Waals surface area contributed by atoms with Crippen LogP contribution in [0.4, 0.5) is 0 Å². The number of carbonyl (C=O) groups is 2. The highest BCUT2D eigenvalue weighted by Gasteiger charge is 2.25. The van der Waals surface area contributed by atoms with Gasteiger partial charge >= 0.3 is 0 Å². The first-order chi connectivity index (χ1) is 14.7. The van der Waals surface area contributed by atoms with Gasteiger partial charge in [0.1, 0.15) is 0 Å². The smallest absolute Gasteiger partial charge is 0.254 e. The summed E-state index contributed by atoms with van der Waals surface area (Å²) in [4.78, 5) is 28.4. The summed E-state index contributed by atoms with van der Waals surface area (Å²) in [5.74, 6) is 0.492. The van der Waals surface area contributed by atoms with Crippen LogP contribution in [0, 0.1) is 0 Å². The fourth-order valence-electron chi connectivity index (χ4n) is 4.41. The highest BCUT2D eigenvalue weighted by Crippen LogP contribution is 2.26. The molecular formula is C24H36N2O3S. The lowest BCUT2D eigenvalue weighted by molar-refractivity contribution is -0.119. The van der Waals surface area contributed by atoms with Gasteiger partial charge in [0.25, 0.3) is 5.91 Å². The second-order valence-corrected chi connectivity index (χ2v) is 9.36. The van der Waals surface area contributed by atoms with Gasteiger partial charge < -0.3 is 15.0 Å². The summed E-state index contributed by atoms with van der Waals surface area (Å²) in [7, 11) is 0. The normalized spacial score (nSPS) is 19.2. The quantitative estimate of drug-likeness (QED) is 0.637. The van der Waals surface area contributed by atoms with Crippen LogP contribution in [0.25, 0.3) is 0 Å². The van der Waals surface area contributed by atoms with Crippen molar-refractivity contribution in [3.05, 3.63) is 29.8 Å². The van der Waals surface area contributed by atoms with Gasteiger partial charge in [-0.3, -0.25) is 9.59 Å². The fraction of sp³-hybridized carbons (Fsp3) is 0.667. The number of likely N-dealkylation sites (tertiary alicyclic amines) is 1. The third-order valence-electron chi connectivity index (χ3n) is 6.08. The first kappa shape index (κ1) is 23.1. The Hall–Kier alpha value is -1.53. The zero-order valence-electron chi connectivity index (χ0n) is 18.2. The molecule has 0 unspecified atom stereocenters. The second-order valence-electron chi connectivity index (χ2n) is 8.34. The molecular weight excluding hydrogens is 396 g/mol. The van der Waals surface area contributed by atoms with Crippen LogP contribution in [-0.4, -0.2) is 54.3 Å². The number of ether oxygens (including phenoxy) is 1. The van der Waals surface area contributed by atoms with Gasteiger partial charge in [-0.2, -0.15) is 0 Å². The maximum Gasteiger partial charge on any atom is 0.254 e. The zero-order chi connectivity index (χ0) is 21.2. The predicted molar refractivity (Wildman–Crippen MR) is 122 cm³/mol. The molecule has 30 heavy (non-hydrogen) atoms. The summed E-state index contributed by atoms with van der Waals surface area (Å²) >= 11 is 1.47. The van der Waals surface area contributed by atoms with Gasteiger partial charge in [0.2, 0.25) is 5.91 Å². The average molecular weight is 433 g/mol. The Labute approximate surface area is 185 Å². The number of rotatable bonds is 7. The van der Waals surface area contributed by atoms with E-state index >= 15 is 0 Å². The maximum absolute atomic E-state index is 13.1. The molecule has 1 aliphatic carbocycles. The molecule has 1 aliphatic heterocycles. The highest BCUT2D eigenvalue weighted by molar-refractivity contribution is 8.00. The van der Waals surface area contributed by atoms with Crippen molar-refractivity contribution in [2.45, 2.75) is 81.8 Å². The number of thioether (sulfide) groups is 1. The number of amides is 2. The van der Waals surface area contributed by atoms with Crippen molar-refractivity contribution in [3.8, 4) is 0 Å². The molecule has 5 nitrogen and oxygen atoms in total. The van der Waals surface area contributed by atoms with E-state index in [2.05, 4.69) is 5.32 Å². The molecule has 0 aromatic heterocycles. The minimum Gasteiger partial charge on any atom is -0.378 e. The molecule has 1 saturated heterocycles. The molecule has 2 aliphatic rings. The molecule has 1 aromatic carbocycles. The Balaban J connectivity index is 1.52. The van der Waals surface area contributed by atoms with Gasteiger partial charge in [-0.25, -0.2) is 0 Å². The van der Waals surface area contributed by atoms with E-state index in [9.17, 15) is 9.59 Å². The minimum atomic E-state index is 0.0634. The summed E-state index contributed by atoms with van der Waals surface area (Å²) in [5.41, 5.74) is 0.705. The number of carbonyl (C=O) groups excluding carboxylic acids is 2. The summed E-state index contributed by atoms with van der Waals surface area (Å²) in [5, 5.41) is 3.22. The minimum absolute atomic E-state index is 0.0634. The van der Waals surface area contributed by atoms with Crippen LogP contribution >= 0.6 is 11.8 Å². The van der Waals surface area contributed by atoms with Crippen LogP contribution in [0.5, 0.6) is 0 Å². The van der Waals surface area contributed by atoms with Crippen LogP contribution in [0.15, 0.2) is 29.2 Å². The van der Waals surface area contributed by atoms with Crippen molar-refractivity contribution in [2.24, 2.45) is 0 Å². The van der Waals surface area contributed by atoms with E-state index in [1.54, 1.807) is 0 Å². The van der Waals surface area contributed by atoms with Crippen molar-refractivity contribution in [1.29, 1.82) is 0 Å². The molecule has 2 fully saturated rings. The number of benzene rings is 1. The number of hydrogen-bond acceptors (Lipinski definition) is 4. The molecule has 0 bridgehead atoms. The highest BCUT2D eigenvalue weighted by atomic mass is 32.2. The first-order valence-corrected chi connectivity index (χ1v) is 12.6. The van der Waals surface area contributed by atoms with E-state index in [4.69, 9.17) is 4.74 Å². The zero-order valence-corrected chi connectivity index (χ0v) is 19.1. The SMILES string of the molecule is CCOC1CCN(C(=O)c2ccccc2SCC(=O)NC2CCCCCCC2)CC1. The van der Waals surface area contributed by atoms with Gasteiger partial charge in [-0.1, -0.05) is 44.2 Å². The fourth-order valence-corrected chi connectivity index (χ4v) is 5.27. The van der Waals surface area contributed by atoms with Gasteiger partial charge in [0.05, 0.1) is 17.4 Å². The summed E-state index contributed by atoms with van der Waals surface area (Å²) in [6.07, 6.45) is 10.5. The Morgan fingerprint density at radius 1 is 1.03 bits per heavy atom. The Morgan fingerprint density at radius 2 is 1.70 bits per heavy atom. The largest absolute Gasteiger partial charge is 0.378 e. The molecule has 6 heteroatoms. The molecule has 1 N–H and O–H groups in total. The Bertz CT molecular complexity index is 681. The van der Waals surface area contributed by atoms with Crippen molar-refractivity contribution in [3.63, 3.8) is 0 Å². The molecule has 2 amide bonds. The van der Waals surface area contributed by atoms with Crippen LogP contribution in [0.1, 0.15) is 75.1 Å². The molecule has 1 aromatic rings. The second kappa shape index (κ2) is 12.4. The Kier molecular flexibility index (Phi) is 9.53. The lowest BCUT2D eigenvalue weighted by Gasteiger charge is -2.32. The van der Waals surface area contributed by atoms with Crippen molar-refractivity contribution in [1.82, 2.24) is 10.2 Å². The lowest BCUT2D eigenvalue weighted by atomic mass is 9.97. The van der Waals surface area contributed by atoms with E-state index < -0.39 is 0 Å². The monoisotopic (exact) mass is 432 g/mol. The van der Waals surface area contributed by atoms with Gasteiger partial charge in [0.15, 0.2) is 0 Å². The molecule has 0 spiro atoms. The van der Waals surface area contributed by atoms with Crippen LogP contribution < -0.4 is 5.32 Å². The summed E-state index contributed by atoms with van der Waals surface area (Å²) in [6, 6.07) is 7.98. The topological polar surface area (TPSA) is 58.6 Å².